The molecule has 1 fully saturated rings. The van der Waals surface area contributed by atoms with Gasteiger partial charge in [-0.3, -0.25) is 4.79 Å². The second kappa shape index (κ2) is 8.86. The summed E-state index contributed by atoms with van der Waals surface area (Å²) in [5.41, 5.74) is 4.26. The molecule has 1 heterocycles. The lowest BCUT2D eigenvalue weighted by Crippen LogP contribution is -3.28. The molecule has 1 aliphatic rings. The minimum absolute atomic E-state index is 0.0776. The van der Waals surface area contributed by atoms with Crippen LogP contribution in [0.25, 0.3) is 10.8 Å². The highest BCUT2D eigenvalue weighted by atomic mass is 16.3. The molecule has 0 unspecified atom stereocenters. The quantitative estimate of drug-likeness (QED) is 0.514. The van der Waals surface area contributed by atoms with E-state index >= 15 is 0 Å². The van der Waals surface area contributed by atoms with Crippen molar-refractivity contribution in [3.8, 4) is 5.75 Å². The van der Waals surface area contributed by atoms with Crippen molar-refractivity contribution in [2.24, 2.45) is 0 Å². The van der Waals surface area contributed by atoms with Gasteiger partial charge in [0.05, 0.1) is 5.56 Å². The van der Waals surface area contributed by atoms with Crippen LogP contribution in [0.2, 0.25) is 0 Å². The van der Waals surface area contributed by atoms with Crippen molar-refractivity contribution >= 4 is 22.4 Å². The summed E-state index contributed by atoms with van der Waals surface area (Å²) in [5, 5.41) is 15.8. The fourth-order valence-electron chi connectivity index (χ4n) is 4.38. The Hall–Kier alpha value is -2.89. The maximum atomic E-state index is 12.5. The van der Waals surface area contributed by atoms with Crippen LogP contribution in [0.3, 0.4) is 0 Å². The molecule has 4 N–H and O–H groups in total. The fraction of sp³-hybridized carbons (Fsp3) is 0.320. The van der Waals surface area contributed by atoms with Crippen LogP contribution in [0.4, 0.5) is 5.69 Å². The number of nitrogens with one attached hydrogen (secondary N) is 3. The lowest BCUT2D eigenvalue weighted by molar-refractivity contribution is -1.01. The van der Waals surface area contributed by atoms with Gasteiger partial charge in [-0.1, -0.05) is 42.5 Å². The van der Waals surface area contributed by atoms with Crippen LogP contribution >= 0.6 is 0 Å². The van der Waals surface area contributed by atoms with E-state index in [1.165, 1.54) is 15.4 Å². The normalized spacial score (nSPS) is 19.0. The summed E-state index contributed by atoms with van der Waals surface area (Å²) >= 11 is 0. The van der Waals surface area contributed by atoms with Gasteiger partial charge in [0.25, 0.3) is 5.91 Å². The molecular weight excluding hydrogens is 374 g/mol. The third-order valence-corrected chi connectivity index (χ3v) is 6.40. The van der Waals surface area contributed by atoms with Crippen LogP contribution in [0.5, 0.6) is 5.75 Å². The number of hydrogen-bond donors (Lipinski definition) is 4. The van der Waals surface area contributed by atoms with Gasteiger partial charge in [0.15, 0.2) is 6.54 Å². The Bertz CT molecular complexity index is 1060. The van der Waals surface area contributed by atoms with E-state index in [1.54, 1.807) is 6.07 Å². The minimum atomic E-state index is 0.0776. The van der Waals surface area contributed by atoms with Crippen LogP contribution < -0.4 is 15.1 Å². The molecule has 1 saturated heterocycles. The number of quaternary nitrogens is 2. The van der Waals surface area contributed by atoms with E-state index < -0.39 is 0 Å². The molecule has 3 aromatic carbocycles. The number of rotatable bonds is 5. The number of piperazine rings is 1. The Labute approximate surface area is 177 Å². The summed E-state index contributed by atoms with van der Waals surface area (Å²) < 4.78 is 0. The summed E-state index contributed by atoms with van der Waals surface area (Å²) in [6.45, 7) is 9.33. The Morgan fingerprint density at radius 1 is 0.933 bits per heavy atom. The second-order valence-corrected chi connectivity index (χ2v) is 8.43. The van der Waals surface area contributed by atoms with Gasteiger partial charge in [0.2, 0.25) is 0 Å². The molecule has 0 bridgehead atoms. The Morgan fingerprint density at radius 2 is 1.67 bits per heavy atom. The van der Waals surface area contributed by atoms with Crippen molar-refractivity contribution in [1.82, 2.24) is 0 Å². The third-order valence-electron chi connectivity index (χ3n) is 6.40. The van der Waals surface area contributed by atoms with Crippen LogP contribution in [0.15, 0.2) is 54.6 Å². The summed E-state index contributed by atoms with van der Waals surface area (Å²) in [6.07, 6.45) is 0. The first-order valence-electron chi connectivity index (χ1n) is 10.7. The molecular formula is C25H31N3O2+2. The van der Waals surface area contributed by atoms with E-state index in [2.05, 4.69) is 30.4 Å². The topological polar surface area (TPSA) is 58.2 Å². The summed E-state index contributed by atoms with van der Waals surface area (Å²) in [4.78, 5) is 15.3. The number of aryl methyl sites for hydroxylation is 1. The van der Waals surface area contributed by atoms with Crippen molar-refractivity contribution in [1.29, 1.82) is 0 Å². The summed E-state index contributed by atoms with van der Waals surface area (Å²) in [7, 11) is 0. The van der Waals surface area contributed by atoms with E-state index in [-0.39, 0.29) is 5.91 Å². The van der Waals surface area contributed by atoms with Gasteiger partial charge in [-0.05, 0) is 47.9 Å². The van der Waals surface area contributed by atoms with Crippen LogP contribution in [-0.4, -0.2) is 43.7 Å². The fourth-order valence-corrected chi connectivity index (χ4v) is 4.38. The highest BCUT2D eigenvalue weighted by molar-refractivity contribution is 5.92. The van der Waals surface area contributed by atoms with E-state index in [1.807, 2.05) is 37.3 Å². The lowest BCUT2D eigenvalue weighted by atomic mass is 10.0. The zero-order valence-electron chi connectivity index (χ0n) is 17.8. The average molecular weight is 406 g/mol. The molecule has 1 amide bonds. The molecule has 0 saturated carbocycles. The number of phenolic OH excluding ortho intramolecular Hbond substituents is 1. The number of hydrogen-bond acceptors (Lipinski definition) is 2. The van der Waals surface area contributed by atoms with Crippen LogP contribution in [-0.2, 0) is 11.3 Å². The Balaban J connectivity index is 1.33. The number of carbonyl (C=O) groups excluding carboxylic acids is 1. The number of fused-ring (bicyclic) bond motifs is 1. The maximum absolute atomic E-state index is 12.5. The number of amides is 1. The lowest BCUT2D eigenvalue weighted by Gasteiger charge is -2.29. The molecule has 5 heteroatoms. The van der Waals surface area contributed by atoms with E-state index in [0.717, 1.165) is 60.3 Å². The van der Waals surface area contributed by atoms with Crippen LogP contribution in [0, 0.1) is 13.8 Å². The van der Waals surface area contributed by atoms with Gasteiger partial charge in [-0.2, -0.15) is 0 Å². The van der Waals surface area contributed by atoms with Gasteiger partial charge < -0.3 is 20.2 Å². The Morgan fingerprint density at radius 3 is 2.47 bits per heavy atom. The number of carbonyl (C=O) groups is 1. The molecule has 156 valence electrons. The molecule has 0 atom stereocenters. The van der Waals surface area contributed by atoms with Gasteiger partial charge in [0.1, 0.15) is 38.5 Å². The highest BCUT2D eigenvalue weighted by Gasteiger charge is 2.26. The molecule has 5 nitrogen and oxygen atoms in total. The first-order chi connectivity index (χ1) is 14.5. The van der Waals surface area contributed by atoms with Crippen molar-refractivity contribution in [3.63, 3.8) is 0 Å². The third kappa shape index (κ3) is 4.48. The molecule has 0 spiro atoms. The van der Waals surface area contributed by atoms with E-state index in [9.17, 15) is 9.90 Å². The SMILES string of the molecule is Cc1cccc(NC(=O)C[NH+]2CC[NH+](Cc3c(O)ccc4ccccc34)CC2)c1C. The van der Waals surface area contributed by atoms with E-state index in [4.69, 9.17) is 0 Å². The monoisotopic (exact) mass is 405 g/mol. The predicted molar refractivity (Wildman–Crippen MR) is 120 cm³/mol. The number of anilines is 1. The van der Waals surface area contributed by atoms with Crippen molar-refractivity contribution in [3.05, 3.63) is 71.3 Å². The first kappa shape index (κ1) is 20.4. The zero-order chi connectivity index (χ0) is 21.1. The Kier molecular flexibility index (Phi) is 6.02. The van der Waals surface area contributed by atoms with Crippen LogP contribution in [0.1, 0.15) is 16.7 Å². The molecule has 1 aliphatic heterocycles. The molecule has 3 aromatic rings. The standard InChI is InChI=1S/C25H29N3O2/c1-18-6-5-9-23(19(18)2)26-25(30)17-28-14-12-27(13-15-28)16-22-21-8-4-3-7-20(21)10-11-24(22)29/h3-11,29H,12-17H2,1-2H3,(H,26,30)/p+2. The highest BCUT2D eigenvalue weighted by Crippen LogP contribution is 2.26. The molecule has 0 radical (unpaired) electrons. The van der Waals surface area contributed by atoms with Gasteiger partial charge in [-0.25, -0.2) is 0 Å². The number of benzene rings is 3. The average Bonchev–Trinajstić information content (AvgIpc) is 2.75. The minimum Gasteiger partial charge on any atom is -0.507 e. The largest absolute Gasteiger partial charge is 0.507 e. The number of phenols is 1. The van der Waals surface area contributed by atoms with E-state index in [0.29, 0.717) is 12.3 Å². The summed E-state index contributed by atoms with van der Waals surface area (Å²) in [6, 6.07) is 18.0. The second-order valence-electron chi connectivity index (χ2n) is 8.43. The smallest absolute Gasteiger partial charge is 0.279 e. The van der Waals surface area contributed by atoms with Gasteiger partial charge in [0, 0.05) is 5.69 Å². The maximum Gasteiger partial charge on any atom is 0.279 e. The first-order valence-corrected chi connectivity index (χ1v) is 10.7. The summed E-state index contributed by atoms with van der Waals surface area (Å²) in [5.74, 6) is 0.456. The van der Waals surface area contributed by atoms with Crippen molar-refractivity contribution in [2.75, 3.05) is 38.0 Å². The molecule has 4 rings (SSSR count). The molecule has 30 heavy (non-hydrogen) atoms. The predicted octanol–water partition coefficient (Wildman–Crippen LogP) is 1.08. The van der Waals surface area contributed by atoms with Crippen molar-refractivity contribution in [2.45, 2.75) is 20.4 Å². The molecule has 0 aromatic heterocycles. The number of aromatic hydroxyl groups is 1. The molecule has 0 aliphatic carbocycles. The zero-order valence-corrected chi connectivity index (χ0v) is 17.8. The van der Waals surface area contributed by atoms with Crippen molar-refractivity contribution < 1.29 is 19.7 Å². The van der Waals surface area contributed by atoms with Gasteiger partial charge in [-0.15, -0.1) is 0 Å². The van der Waals surface area contributed by atoms with Gasteiger partial charge >= 0.3 is 0 Å².